The van der Waals surface area contributed by atoms with Crippen molar-refractivity contribution < 1.29 is 35.9 Å². The van der Waals surface area contributed by atoms with Crippen LogP contribution in [0.3, 0.4) is 0 Å². The molecule has 1 fully saturated rings. The van der Waals surface area contributed by atoms with Crippen LogP contribution in [0.25, 0.3) is 0 Å². The lowest BCUT2D eigenvalue weighted by Crippen LogP contribution is -2.70. The molecule has 1 aliphatic heterocycles. The van der Waals surface area contributed by atoms with Crippen LogP contribution in [0.4, 0.5) is 31.1 Å². The largest absolute Gasteiger partial charge is 0.447 e. The second-order valence-corrected chi connectivity index (χ2v) is 5.36. The summed E-state index contributed by atoms with van der Waals surface area (Å²) in [5.74, 6) is -1.85. The van der Waals surface area contributed by atoms with Gasteiger partial charge >= 0.3 is 18.4 Å². The van der Waals surface area contributed by atoms with E-state index in [0.29, 0.717) is 0 Å². The fourth-order valence-corrected chi connectivity index (χ4v) is 3.01. The average Bonchev–Trinajstić information content (AvgIpc) is 2.82. The molecule has 2 rings (SSSR count). The highest BCUT2D eigenvalue weighted by molar-refractivity contribution is 5.72. The highest BCUT2D eigenvalue weighted by Crippen LogP contribution is 2.60. The summed E-state index contributed by atoms with van der Waals surface area (Å²) in [4.78, 5) is 11.6. The molecule has 0 aromatic carbocycles. The number of fused-ring (bicyclic) bond motifs is 2. The van der Waals surface area contributed by atoms with Crippen LogP contribution in [0.15, 0.2) is 12.2 Å². The third-order valence-electron chi connectivity index (χ3n) is 3.71. The van der Waals surface area contributed by atoms with Gasteiger partial charge in [0.15, 0.2) is 0 Å². The number of carbonyl (C=O) groups excluding carboxylic acids is 1. The monoisotopic (exact) mass is 317 g/mol. The third-order valence-corrected chi connectivity index (χ3v) is 3.71. The fraction of sp³-hybridized carbons (Fsp3) is 0.750. The summed E-state index contributed by atoms with van der Waals surface area (Å²) in [5.41, 5.74) is -4.22. The summed E-state index contributed by atoms with van der Waals surface area (Å²) >= 11 is 0. The molecule has 0 N–H and O–H groups in total. The predicted octanol–water partition coefficient (Wildman–Crippen LogP) is 3.66. The Labute approximate surface area is 116 Å². The normalized spacial score (nSPS) is 27.6. The second kappa shape index (κ2) is 4.54. The maximum absolute atomic E-state index is 13.3. The van der Waals surface area contributed by atoms with E-state index < -0.39 is 48.5 Å². The number of amides is 1. The lowest BCUT2D eigenvalue weighted by atomic mass is 9.83. The highest BCUT2D eigenvalue weighted by Gasteiger charge is 2.82. The third kappa shape index (κ3) is 2.08. The molecule has 2 atom stereocenters. The number of halogens is 6. The first-order valence-corrected chi connectivity index (χ1v) is 6.24. The average molecular weight is 317 g/mol. The van der Waals surface area contributed by atoms with Gasteiger partial charge < -0.3 is 4.74 Å². The summed E-state index contributed by atoms with van der Waals surface area (Å²) in [6.07, 6.45) is -12.1. The SMILES string of the molecule is CC(C)OC(=O)N1[C@H]2C=C[C@@H](C2)C1(C(F)(F)F)C(F)(F)F. The summed E-state index contributed by atoms with van der Waals surface area (Å²) in [6.45, 7) is 2.70. The molecule has 0 unspecified atom stereocenters. The van der Waals surface area contributed by atoms with Gasteiger partial charge in [-0.3, -0.25) is 4.90 Å². The standard InChI is InChI=1S/C12H13F6NO2/c1-6(2)21-9(20)19-8-4-3-7(5-8)10(19,11(13,14)15)12(16,17)18/h3-4,6-8H,5H2,1-2H3/t7-,8-/m0/s1. The quantitative estimate of drug-likeness (QED) is 0.546. The van der Waals surface area contributed by atoms with Crippen molar-refractivity contribution in [2.75, 3.05) is 0 Å². The minimum Gasteiger partial charge on any atom is -0.447 e. The Balaban J connectivity index is 2.56. The van der Waals surface area contributed by atoms with E-state index in [9.17, 15) is 31.1 Å². The van der Waals surface area contributed by atoms with E-state index in [4.69, 9.17) is 0 Å². The van der Waals surface area contributed by atoms with Crippen molar-refractivity contribution in [1.29, 1.82) is 0 Å². The van der Waals surface area contributed by atoms with Crippen LogP contribution in [0.1, 0.15) is 20.3 Å². The van der Waals surface area contributed by atoms with Crippen LogP contribution in [0.5, 0.6) is 0 Å². The van der Waals surface area contributed by atoms with Gasteiger partial charge in [0.1, 0.15) is 0 Å². The van der Waals surface area contributed by atoms with E-state index in [-0.39, 0.29) is 4.90 Å². The molecule has 120 valence electrons. The molecule has 21 heavy (non-hydrogen) atoms. The second-order valence-electron chi connectivity index (χ2n) is 5.36. The molecule has 0 spiro atoms. The molecule has 0 saturated carbocycles. The summed E-state index contributed by atoms with van der Waals surface area (Å²) in [7, 11) is 0. The lowest BCUT2D eigenvalue weighted by Gasteiger charge is -2.45. The van der Waals surface area contributed by atoms with Crippen molar-refractivity contribution in [1.82, 2.24) is 4.90 Å². The molecular weight excluding hydrogens is 304 g/mol. The van der Waals surface area contributed by atoms with Gasteiger partial charge in [0.25, 0.3) is 0 Å². The van der Waals surface area contributed by atoms with E-state index in [1.807, 2.05) is 0 Å². The van der Waals surface area contributed by atoms with Gasteiger partial charge in [-0.05, 0) is 20.3 Å². The van der Waals surface area contributed by atoms with Gasteiger partial charge in [-0.15, -0.1) is 0 Å². The van der Waals surface area contributed by atoms with Crippen LogP contribution in [-0.4, -0.2) is 41.0 Å². The van der Waals surface area contributed by atoms with Crippen molar-refractivity contribution in [2.24, 2.45) is 5.92 Å². The van der Waals surface area contributed by atoms with Crippen molar-refractivity contribution >= 4 is 6.09 Å². The Morgan fingerprint density at radius 3 is 2.14 bits per heavy atom. The molecule has 9 heteroatoms. The number of carbonyl (C=O) groups is 1. The van der Waals surface area contributed by atoms with Gasteiger partial charge in [-0.25, -0.2) is 4.79 Å². The first-order valence-electron chi connectivity index (χ1n) is 6.24. The van der Waals surface area contributed by atoms with Crippen molar-refractivity contribution in [3.63, 3.8) is 0 Å². The van der Waals surface area contributed by atoms with E-state index in [0.717, 1.165) is 6.08 Å². The zero-order valence-electron chi connectivity index (χ0n) is 11.1. The van der Waals surface area contributed by atoms with Gasteiger partial charge in [0.05, 0.1) is 12.1 Å². The highest BCUT2D eigenvalue weighted by atomic mass is 19.4. The van der Waals surface area contributed by atoms with E-state index in [1.165, 1.54) is 19.9 Å². The maximum Gasteiger partial charge on any atom is 0.421 e. The van der Waals surface area contributed by atoms with Crippen molar-refractivity contribution in [3.8, 4) is 0 Å². The molecule has 1 heterocycles. The Morgan fingerprint density at radius 1 is 1.19 bits per heavy atom. The van der Waals surface area contributed by atoms with E-state index in [2.05, 4.69) is 4.74 Å². The molecule has 1 amide bonds. The molecule has 0 aromatic rings. The number of rotatable bonds is 1. The zero-order chi connectivity index (χ0) is 16.2. The van der Waals surface area contributed by atoms with Crippen LogP contribution in [0.2, 0.25) is 0 Å². The van der Waals surface area contributed by atoms with Crippen LogP contribution >= 0.6 is 0 Å². The van der Waals surface area contributed by atoms with Gasteiger partial charge in [-0.1, -0.05) is 12.2 Å². The minimum atomic E-state index is -5.65. The first kappa shape index (κ1) is 16.0. The number of ether oxygens (including phenoxy) is 1. The van der Waals surface area contributed by atoms with Gasteiger partial charge in [-0.2, -0.15) is 26.3 Å². The lowest BCUT2D eigenvalue weighted by molar-refractivity contribution is -0.338. The fourth-order valence-electron chi connectivity index (χ4n) is 3.01. The number of alkyl halides is 6. The summed E-state index contributed by atoms with van der Waals surface area (Å²) in [5, 5.41) is 0. The Morgan fingerprint density at radius 2 is 1.71 bits per heavy atom. The zero-order valence-corrected chi connectivity index (χ0v) is 11.1. The van der Waals surface area contributed by atoms with E-state index in [1.54, 1.807) is 0 Å². The smallest absolute Gasteiger partial charge is 0.421 e. The summed E-state index contributed by atoms with van der Waals surface area (Å²) < 4.78 is 84.5. The van der Waals surface area contributed by atoms with E-state index >= 15 is 0 Å². The van der Waals surface area contributed by atoms with Crippen LogP contribution < -0.4 is 0 Å². The number of likely N-dealkylation sites (tertiary alicyclic amines) is 1. The number of nitrogens with zero attached hydrogens (tertiary/aromatic N) is 1. The maximum atomic E-state index is 13.3. The van der Waals surface area contributed by atoms with Gasteiger partial charge in [0.2, 0.25) is 5.54 Å². The first-order chi connectivity index (χ1) is 9.43. The minimum absolute atomic E-state index is 0.197. The number of hydrogen-bond donors (Lipinski definition) is 0. The number of hydrogen-bond acceptors (Lipinski definition) is 2. The van der Waals surface area contributed by atoms with Crippen molar-refractivity contribution in [2.45, 2.75) is 50.3 Å². The molecule has 0 radical (unpaired) electrons. The molecule has 1 aliphatic carbocycles. The molecule has 1 saturated heterocycles. The summed E-state index contributed by atoms with van der Waals surface area (Å²) in [6, 6.07) is -1.26. The molecule has 3 nitrogen and oxygen atoms in total. The van der Waals surface area contributed by atoms with Crippen LogP contribution in [0, 0.1) is 5.92 Å². The molecular formula is C12H13F6NO2. The molecule has 0 aromatic heterocycles. The molecule has 2 bridgehead atoms. The molecule has 2 aliphatic rings. The van der Waals surface area contributed by atoms with Crippen LogP contribution in [-0.2, 0) is 4.74 Å². The van der Waals surface area contributed by atoms with Gasteiger partial charge in [0, 0.05) is 5.92 Å². The topological polar surface area (TPSA) is 29.5 Å². The predicted molar refractivity (Wildman–Crippen MR) is 59.3 cm³/mol. The Kier molecular flexibility index (Phi) is 3.45. The Hall–Kier alpha value is -1.41. The van der Waals surface area contributed by atoms with Crippen molar-refractivity contribution in [3.05, 3.63) is 12.2 Å². The Bertz CT molecular complexity index is 453.